The van der Waals surface area contributed by atoms with Gasteiger partial charge in [-0.15, -0.1) is 0 Å². The molecule has 20 heavy (non-hydrogen) atoms. The molecule has 1 heterocycles. The lowest BCUT2D eigenvalue weighted by Crippen LogP contribution is -2.33. The fraction of sp³-hybridized carbons (Fsp3) is 0.250. The number of aliphatic hydroxyl groups excluding tert-OH is 1. The maximum Gasteiger partial charge on any atom is 0.339 e. The summed E-state index contributed by atoms with van der Waals surface area (Å²) in [5.41, 5.74) is -1.41. The molecule has 0 aliphatic rings. The molecule has 1 atom stereocenters. The Kier molecular flexibility index (Phi) is 4.05. The molecule has 2 aromatic rings. The number of nitrogens with zero attached hydrogens (tertiary/aromatic N) is 2. The number of hydrogen-bond donors (Lipinski definition) is 2. The zero-order valence-electron chi connectivity index (χ0n) is 10.8. The van der Waals surface area contributed by atoms with Crippen LogP contribution >= 0.6 is 11.8 Å². The summed E-state index contributed by atoms with van der Waals surface area (Å²) >= 11 is 0.865. The van der Waals surface area contributed by atoms with E-state index in [2.05, 4.69) is 10.1 Å². The molecular formula is C12H12FN3O3S. The summed E-state index contributed by atoms with van der Waals surface area (Å²) in [5, 5.41) is 12.1. The van der Waals surface area contributed by atoms with Gasteiger partial charge in [0.1, 0.15) is 5.82 Å². The van der Waals surface area contributed by atoms with Crippen molar-refractivity contribution in [3.8, 4) is 0 Å². The average molecular weight is 297 g/mol. The highest BCUT2D eigenvalue weighted by atomic mass is 32.2. The van der Waals surface area contributed by atoms with Gasteiger partial charge < -0.3 is 5.11 Å². The Morgan fingerprint density at radius 2 is 2.15 bits per heavy atom. The van der Waals surface area contributed by atoms with Gasteiger partial charge in [0.25, 0.3) is 0 Å². The molecule has 0 radical (unpaired) electrons. The van der Waals surface area contributed by atoms with Crippen LogP contribution in [0.3, 0.4) is 0 Å². The van der Waals surface area contributed by atoms with Crippen molar-refractivity contribution < 1.29 is 9.50 Å². The summed E-state index contributed by atoms with van der Waals surface area (Å²) in [6.45, 7) is 1.51. The number of aryl methyl sites for hydroxylation is 1. The fourth-order valence-corrected chi connectivity index (χ4v) is 2.62. The van der Waals surface area contributed by atoms with Gasteiger partial charge in [-0.3, -0.25) is 19.4 Å². The highest BCUT2D eigenvalue weighted by molar-refractivity contribution is 7.99. The van der Waals surface area contributed by atoms with E-state index in [1.54, 1.807) is 6.07 Å². The van der Waals surface area contributed by atoms with E-state index in [9.17, 15) is 19.1 Å². The highest BCUT2D eigenvalue weighted by Gasteiger charge is 2.16. The van der Waals surface area contributed by atoms with Gasteiger partial charge in [-0.1, -0.05) is 12.1 Å². The SMILES string of the molecule is C[C@@H](O)c1cccc(F)c1Sc1nc(=O)c(=O)[nH]n1C. The number of rotatable bonds is 3. The molecule has 8 heteroatoms. The van der Waals surface area contributed by atoms with Gasteiger partial charge in [-0.2, -0.15) is 4.98 Å². The standard InChI is InChI=1S/C12H12FN3O3S/c1-6(17)7-4-3-5-8(13)9(7)20-12-14-10(18)11(19)15-16(12)2/h3-6,17H,1-2H3,(H,15,19)/t6-/m1/s1. The molecule has 0 spiro atoms. The van der Waals surface area contributed by atoms with E-state index in [-0.39, 0.29) is 10.1 Å². The third kappa shape index (κ3) is 2.81. The molecule has 0 aliphatic heterocycles. The number of nitrogens with one attached hydrogen (secondary N) is 1. The number of benzene rings is 1. The van der Waals surface area contributed by atoms with Crippen molar-refractivity contribution in [1.82, 2.24) is 14.8 Å². The molecule has 106 valence electrons. The minimum atomic E-state index is -0.944. The number of aliphatic hydroxyl groups is 1. The molecule has 2 rings (SSSR count). The molecule has 0 bridgehead atoms. The molecule has 0 amide bonds. The van der Waals surface area contributed by atoms with Gasteiger partial charge in [0.15, 0.2) is 5.16 Å². The van der Waals surface area contributed by atoms with Gasteiger partial charge in [0.05, 0.1) is 11.0 Å². The molecule has 2 N–H and O–H groups in total. The molecule has 0 fully saturated rings. The topological polar surface area (TPSA) is 88.0 Å². The van der Waals surface area contributed by atoms with Gasteiger partial charge in [0, 0.05) is 7.05 Å². The first-order valence-corrected chi connectivity index (χ1v) is 6.53. The van der Waals surface area contributed by atoms with Gasteiger partial charge in [-0.05, 0) is 30.3 Å². The first-order chi connectivity index (χ1) is 9.40. The molecule has 6 nitrogen and oxygen atoms in total. The first-order valence-electron chi connectivity index (χ1n) is 5.72. The Labute approximate surface area is 117 Å². The smallest absolute Gasteiger partial charge is 0.339 e. The number of hydrogen-bond acceptors (Lipinski definition) is 5. The Morgan fingerprint density at radius 3 is 2.80 bits per heavy atom. The van der Waals surface area contributed by atoms with Crippen LogP contribution in [0.5, 0.6) is 0 Å². The van der Waals surface area contributed by atoms with Gasteiger partial charge in [-0.25, -0.2) is 4.39 Å². The number of aromatic amines is 1. The number of halogens is 1. The Hall–Kier alpha value is -1.93. The van der Waals surface area contributed by atoms with Gasteiger partial charge in [0.2, 0.25) is 0 Å². The van der Waals surface area contributed by atoms with Crippen molar-refractivity contribution >= 4 is 11.8 Å². The van der Waals surface area contributed by atoms with Crippen LogP contribution in [0.1, 0.15) is 18.6 Å². The van der Waals surface area contributed by atoms with Crippen LogP contribution in [0, 0.1) is 5.82 Å². The summed E-state index contributed by atoms with van der Waals surface area (Å²) in [7, 11) is 1.49. The van der Waals surface area contributed by atoms with Gasteiger partial charge >= 0.3 is 11.1 Å². The van der Waals surface area contributed by atoms with Crippen LogP contribution in [0.4, 0.5) is 4.39 Å². The normalized spacial score (nSPS) is 12.4. The second kappa shape index (κ2) is 5.59. The second-order valence-electron chi connectivity index (χ2n) is 4.14. The monoisotopic (exact) mass is 297 g/mol. The van der Waals surface area contributed by atoms with E-state index in [4.69, 9.17) is 0 Å². The van der Waals surface area contributed by atoms with Crippen molar-refractivity contribution in [3.63, 3.8) is 0 Å². The summed E-state index contributed by atoms with van der Waals surface area (Å²) in [6, 6.07) is 4.32. The van der Waals surface area contributed by atoms with E-state index in [0.29, 0.717) is 5.56 Å². The third-order valence-corrected chi connectivity index (χ3v) is 3.77. The van der Waals surface area contributed by atoms with E-state index < -0.39 is 23.0 Å². The molecule has 1 aromatic carbocycles. The Morgan fingerprint density at radius 1 is 1.45 bits per heavy atom. The van der Waals surface area contributed by atoms with E-state index in [1.807, 2.05) is 0 Å². The molecule has 0 unspecified atom stereocenters. The lowest BCUT2D eigenvalue weighted by molar-refractivity contribution is 0.195. The average Bonchev–Trinajstić information content (AvgIpc) is 2.37. The maximum absolute atomic E-state index is 13.9. The first kappa shape index (κ1) is 14.5. The summed E-state index contributed by atoms with van der Waals surface area (Å²) in [4.78, 5) is 26.1. The van der Waals surface area contributed by atoms with Crippen LogP contribution in [0.25, 0.3) is 0 Å². The van der Waals surface area contributed by atoms with Crippen molar-refractivity contribution in [2.24, 2.45) is 7.05 Å². The predicted octanol–water partition coefficient (Wildman–Crippen LogP) is 0.812. The van der Waals surface area contributed by atoms with Crippen molar-refractivity contribution in [2.75, 3.05) is 0 Å². The fourth-order valence-electron chi connectivity index (χ4n) is 1.61. The minimum Gasteiger partial charge on any atom is -0.389 e. The Balaban J connectivity index is 2.53. The Bertz CT molecular complexity index is 754. The predicted molar refractivity (Wildman–Crippen MR) is 71.3 cm³/mol. The van der Waals surface area contributed by atoms with Crippen LogP contribution in [0.2, 0.25) is 0 Å². The van der Waals surface area contributed by atoms with Crippen molar-refractivity contribution in [2.45, 2.75) is 23.1 Å². The highest BCUT2D eigenvalue weighted by Crippen LogP contribution is 2.33. The van der Waals surface area contributed by atoms with Crippen LogP contribution < -0.4 is 11.1 Å². The number of H-pyrrole nitrogens is 1. The molecule has 1 aromatic heterocycles. The van der Waals surface area contributed by atoms with E-state index in [0.717, 1.165) is 11.8 Å². The molecule has 0 aliphatic carbocycles. The summed E-state index contributed by atoms with van der Waals surface area (Å²) in [5.74, 6) is -0.533. The quantitative estimate of drug-likeness (QED) is 0.819. The second-order valence-corrected chi connectivity index (χ2v) is 5.11. The summed E-state index contributed by atoms with van der Waals surface area (Å²) < 4.78 is 15.1. The van der Waals surface area contributed by atoms with Crippen molar-refractivity contribution in [1.29, 1.82) is 0 Å². The third-order valence-electron chi connectivity index (χ3n) is 2.59. The maximum atomic E-state index is 13.9. The zero-order valence-corrected chi connectivity index (χ0v) is 11.6. The van der Waals surface area contributed by atoms with Crippen LogP contribution in [0.15, 0.2) is 37.8 Å². The molecule has 0 saturated carbocycles. The van der Waals surface area contributed by atoms with Crippen LogP contribution in [-0.2, 0) is 7.05 Å². The summed E-state index contributed by atoms with van der Waals surface area (Å²) in [6.07, 6.45) is -0.868. The van der Waals surface area contributed by atoms with E-state index >= 15 is 0 Å². The lowest BCUT2D eigenvalue weighted by atomic mass is 10.1. The van der Waals surface area contributed by atoms with E-state index in [1.165, 1.54) is 30.8 Å². The van der Waals surface area contributed by atoms with Crippen molar-refractivity contribution in [3.05, 3.63) is 50.3 Å². The zero-order chi connectivity index (χ0) is 14.9. The minimum absolute atomic E-state index is 0.126. The lowest BCUT2D eigenvalue weighted by Gasteiger charge is -2.13. The molecular weight excluding hydrogens is 285 g/mol. The number of aromatic nitrogens is 3. The largest absolute Gasteiger partial charge is 0.389 e. The molecule has 0 saturated heterocycles. The van der Waals surface area contributed by atoms with Crippen LogP contribution in [-0.4, -0.2) is 19.9 Å².